The molecule has 1 aromatic carbocycles. The lowest BCUT2D eigenvalue weighted by atomic mass is 10.1. The summed E-state index contributed by atoms with van der Waals surface area (Å²) in [6.45, 7) is 0.596. The highest BCUT2D eigenvalue weighted by molar-refractivity contribution is 7.19. The molecule has 1 atom stereocenters. The van der Waals surface area contributed by atoms with Gasteiger partial charge >= 0.3 is 0 Å². The number of aromatic amines is 1. The number of halogens is 1. The van der Waals surface area contributed by atoms with E-state index in [9.17, 15) is 9.59 Å². The Hall–Kier alpha value is -2.57. The van der Waals surface area contributed by atoms with Crippen molar-refractivity contribution >= 4 is 51.7 Å². The van der Waals surface area contributed by atoms with Crippen LogP contribution in [0.25, 0.3) is 27.6 Å². The summed E-state index contributed by atoms with van der Waals surface area (Å²) < 4.78 is 0.707. The fourth-order valence-electron chi connectivity index (χ4n) is 3.09. The third-order valence-electron chi connectivity index (χ3n) is 4.33. The van der Waals surface area contributed by atoms with Gasteiger partial charge in [-0.25, -0.2) is 0 Å². The predicted octanol–water partition coefficient (Wildman–Crippen LogP) is 3.57. The summed E-state index contributed by atoms with van der Waals surface area (Å²) in [5, 5.41) is 6.47. The van der Waals surface area contributed by atoms with E-state index in [1.807, 2.05) is 36.4 Å². The molecule has 1 aliphatic rings. The molecule has 2 aromatic heterocycles. The van der Waals surface area contributed by atoms with Crippen molar-refractivity contribution in [2.75, 3.05) is 6.54 Å². The molecule has 0 bridgehead atoms. The molecule has 0 saturated carbocycles. The Bertz CT molecular complexity index is 1020. The first-order chi connectivity index (χ1) is 12.6. The van der Waals surface area contributed by atoms with Gasteiger partial charge in [-0.15, -0.1) is 11.3 Å². The molecule has 7 heteroatoms. The average Bonchev–Trinajstić information content (AvgIpc) is 3.32. The van der Waals surface area contributed by atoms with E-state index in [1.54, 1.807) is 6.08 Å². The number of H-pyrrole nitrogens is 1. The van der Waals surface area contributed by atoms with Gasteiger partial charge in [0.1, 0.15) is 6.04 Å². The molecule has 3 N–H and O–H groups in total. The first kappa shape index (κ1) is 16.9. The number of carbonyl (C=O) groups excluding carboxylic acids is 2. The number of thiophene rings is 1. The minimum Gasteiger partial charge on any atom is -0.354 e. The maximum absolute atomic E-state index is 12.2. The number of carbonyl (C=O) groups is 2. The highest BCUT2D eigenvalue weighted by atomic mass is 35.5. The second-order valence-electron chi connectivity index (χ2n) is 6.04. The van der Waals surface area contributed by atoms with Crippen LogP contribution in [0.1, 0.15) is 12.0 Å². The normalized spacial score (nSPS) is 17.1. The summed E-state index contributed by atoms with van der Waals surface area (Å²) >= 11 is 7.56. The Kier molecular flexibility index (Phi) is 4.53. The lowest BCUT2D eigenvalue weighted by molar-refractivity contribution is -0.125. The van der Waals surface area contributed by atoms with Crippen molar-refractivity contribution in [3.8, 4) is 10.6 Å². The van der Waals surface area contributed by atoms with E-state index in [2.05, 4.69) is 15.6 Å². The Morgan fingerprint density at radius 2 is 2.12 bits per heavy atom. The van der Waals surface area contributed by atoms with Crippen molar-refractivity contribution in [2.24, 2.45) is 0 Å². The van der Waals surface area contributed by atoms with Gasteiger partial charge in [0.05, 0.1) is 14.9 Å². The molecule has 1 fully saturated rings. The van der Waals surface area contributed by atoms with Gasteiger partial charge in [-0.05, 0) is 30.7 Å². The quantitative estimate of drug-likeness (QED) is 0.600. The first-order valence-electron chi connectivity index (χ1n) is 8.24. The van der Waals surface area contributed by atoms with Crippen LogP contribution in [-0.2, 0) is 9.59 Å². The number of hydrogen-bond donors (Lipinski definition) is 3. The van der Waals surface area contributed by atoms with Crippen LogP contribution in [0.3, 0.4) is 0 Å². The number of para-hydroxylation sites is 1. The van der Waals surface area contributed by atoms with E-state index in [1.165, 1.54) is 17.4 Å². The zero-order chi connectivity index (χ0) is 18.1. The number of benzene rings is 1. The summed E-state index contributed by atoms with van der Waals surface area (Å²) in [6.07, 6.45) is 3.87. The third-order valence-corrected chi connectivity index (χ3v) is 5.58. The Balaban J connectivity index is 1.66. The van der Waals surface area contributed by atoms with Crippen LogP contribution >= 0.6 is 22.9 Å². The summed E-state index contributed by atoms with van der Waals surface area (Å²) in [6, 6.07) is 11.3. The van der Waals surface area contributed by atoms with E-state index in [0.29, 0.717) is 17.3 Å². The van der Waals surface area contributed by atoms with Gasteiger partial charge < -0.3 is 15.6 Å². The molecule has 3 aromatic rings. The predicted molar refractivity (Wildman–Crippen MR) is 105 cm³/mol. The molecule has 0 radical (unpaired) electrons. The zero-order valence-electron chi connectivity index (χ0n) is 13.7. The van der Waals surface area contributed by atoms with Crippen LogP contribution in [0, 0.1) is 0 Å². The average molecular weight is 386 g/mol. The van der Waals surface area contributed by atoms with Gasteiger partial charge in [0.2, 0.25) is 11.8 Å². The van der Waals surface area contributed by atoms with Crippen molar-refractivity contribution in [2.45, 2.75) is 12.5 Å². The standard InChI is InChI=1S/C19H16ClN3O2S/c20-16-7-6-15(26-16)18-12(11-3-1-2-4-13(11)23-18)5-8-17(24)22-14-9-10-21-19(14)25/h1-8,14,23H,9-10H2,(H,21,25)(H,22,24)/t14-/m0/s1. The maximum Gasteiger partial charge on any atom is 0.244 e. The SMILES string of the molecule is O=C(C=Cc1c(-c2ccc(Cl)s2)[nH]c2ccccc12)N[C@H]1CCNC1=O. The molecule has 4 rings (SSSR count). The van der Waals surface area contributed by atoms with E-state index in [4.69, 9.17) is 11.6 Å². The minimum atomic E-state index is -0.453. The van der Waals surface area contributed by atoms with Gasteiger partial charge in [-0.1, -0.05) is 29.8 Å². The largest absolute Gasteiger partial charge is 0.354 e. The van der Waals surface area contributed by atoms with Crippen LogP contribution in [0.15, 0.2) is 42.5 Å². The van der Waals surface area contributed by atoms with Gasteiger partial charge in [-0.3, -0.25) is 9.59 Å². The number of rotatable bonds is 4. The summed E-state index contributed by atoms with van der Waals surface area (Å²) in [7, 11) is 0. The Morgan fingerprint density at radius 1 is 1.27 bits per heavy atom. The second kappa shape index (κ2) is 6.97. The van der Waals surface area contributed by atoms with Crippen molar-refractivity contribution < 1.29 is 9.59 Å². The number of fused-ring (bicyclic) bond motifs is 1. The molecule has 2 amide bonds. The van der Waals surface area contributed by atoms with E-state index in [0.717, 1.165) is 27.0 Å². The van der Waals surface area contributed by atoms with Crippen LogP contribution in [0.2, 0.25) is 4.34 Å². The van der Waals surface area contributed by atoms with Crippen molar-refractivity contribution in [3.05, 3.63) is 52.4 Å². The van der Waals surface area contributed by atoms with Gasteiger partial charge in [-0.2, -0.15) is 0 Å². The zero-order valence-corrected chi connectivity index (χ0v) is 15.3. The maximum atomic E-state index is 12.2. The minimum absolute atomic E-state index is 0.132. The first-order valence-corrected chi connectivity index (χ1v) is 9.44. The summed E-state index contributed by atoms with van der Waals surface area (Å²) in [4.78, 5) is 28.2. The Morgan fingerprint density at radius 3 is 2.85 bits per heavy atom. The smallest absolute Gasteiger partial charge is 0.244 e. The molecule has 1 aliphatic heterocycles. The molecular formula is C19H16ClN3O2S. The van der Waals surface area contributed by atoms with Crippen LogP contribution in [0.4, 0.5) is 0 Å². The molecule has 26 heavy (non-hydrogen) atoms. The van der Waals surface area contributed by atoms with Gasteiger partial charge in [0.25, 0.3) is 0 Å². The lowest BCUT2D eigenvalue weighted by Crippen LogP contribution is -2.39. The molecule has 3 heterocycles. The molecule has 5 nitrogen and oxygen atoms in total. The monoisotopic (exact) mass is 385 g/mol. The molecule has 0 spiro atoms. The number of nitrogens with one attached hydrogen (secondary N) is 3. The summed E-state index contributed by atoms with van der Waals surface area (Å²) in [5.74, 6) is -0.416. The number of hydrogen-bond acceptors (Lipinski definition) is 3. The molecule has 1 saturated heterocycles. The fraction of sp³-hybridized carbons (Fsp3) is 0.158. The van der Waals surface area contributed by atoms with Gasteiger partial charge in [0, 0.05) is 29.1 Å². The van der Waals surface area contributed by atoms with Crippen LogP contribution < -0.4 is 10.6 Å². The van der Waals surface area contributed by atoms with Crippen molar-refractivity contribution in [3.63, 3.8) is 0 Å². The highest BCUT2D eigenvalue weighted by Gasteiger charge is 2.24. The van der Waals surface area contributed by atoms with Crippen molar-refractivity contribution in [1.82, 2.24) is 15.6 Å². The lowest BCUT2D eigenvalue weighted by Gasteiger charge is -2.07. The van der Waals surface area contributed by atoms with Gasteiger partial charge in [0.15, 0.2) is 0 Å². The number of amides is 2. The topological polar surface area (TPSA) is 74.0 Å². The van der Waals surface area contributed by atoms with Crippen LogP contribution in [0.5, 0.6) is 0 Å². The molecule has 0 unspecified atom stereocenters. The van der Waals surface area contributed by atoms with Crippen molar-refractivity contribution in [1.29, 1.82) is 0 Å². The molecule has 0 aliphatic carbocycles. The molecule has 132 valence electrons. The van der Waals surface area contributed by atoms with Crippen LogP contribution in [-0.4, -0.2) is 29.4 Å². The van der Waals surface area contributed by atoms with E-state index < -0.39 is 6.04 Å². The Labute approximate surface area is 159 Å². The van der Waals surface area contributed by atoms with E-state index in [-0.39, 0.29) is 11.8 Å². The summed E-state index contributed by atoms with van der Waals surface area (Å²) in [5.41, 5.74) is 2.83. The molecular weight excluding hydrogens is 370 g/mol. The fourth-order valence-corrected chi connectivity index (χ4v) is 4.15. The third kappa shape index (κ3) is 3.25. The highest BCUT2D eigenvalue weighted by Crippen LogP contribution is 2.36. The second-order valence-corrected chi connectivity index (χ2v) is 7.75. The number of aromatic nitrogens is 1. The van der Waals surface area contributed by atoms with E-state index >= 15 is 0 Å².